The Labute approximate surface area is 326 Å². The van der Waals surface area contributed by atoms with Crippen LogP contribution in [0.15, 0.2) is 36.9 Å². The third-order valence-electron chi connectivity index (χ3n) is 7.82. The lowest BCUT2D eigenvalue weighted by molar-refractivity contribution is -0.137. The lowest BCUT2D eigenvalue weighted by atomic mass is 9.87. The number of amides is 2. The van der Waals surface area contributed by atoms with Crippen molar-refractivity contribution in [1.82, 2.24) is 30.2 Å². The Morgan fingerprint density at radius 3 is 2.44 bits per heavy atom. The Morgan fingerprint density at radius 1 is 1.05 bits per heavy atom. The average Bonchev–Trinajstić information content (AvgIpc) is 3.68. The molecule has 2 aromatic heterocycles. The van der Waals surface area contributed by atoms with Crippen LogP contribution in [0.4, 0.5) is 5.82 Å². The van der Waals surface area contributed by atoms with Crippen LogP contribution in [0.2, 0.25) is 0 Å². The normalized spacial score (nSPS) is 21.4. The summed E-state index contributed by atoms with van der Waals surface area (Å²) in [6.45, 7) is 0.309. The lowest BCUT2D eigenvalue weighted by Crippen LogP contribution is -2.46. The number of hydrogen-bond acceptors (Lipinski definition) is 19. The number of benzene rings is 1. The van der Waals surface area contributed by atoms with Gasteiger partial charge >= 0.3 is 23.5 Å². The maximum Gasteiger partial charge on any atom is 0.481 e. The van der Waals surface area contributed by atoms with Crippen LogP contribution < -0.4 is 16.4 Å². The summed E-state index contributed by atoms with van der Waals surface area (Å²) < 4.78 is 62.1. The van der Waals surface area contributed by atoms with Crippen LogP contribution in [0.5, 0.6) is 5.75 Å². The van der Waals surface area contributed by atoms with E-state index in [4.69, 9.17) is 19.5 Å². The van der Waals surface area contributed by atoms with Gasteiger partial charge in [0.1, 0.15) is 42.0 Å². The molecule has 1 fully saturated rings. The Morgan fingerprint density at radius 2 is 1.75 bits per heavy atom. The molecule has 1 aliphatic heterocycles. The topological polar surface area (TPSA) is 384 Å². The van der Waals surface area contributed by atoms with Gasteiger partial charge in [0, 0.05) is 36.2 Å². The molecule has 4 rings (SSSR count). The SMILES string of the molecule is CC(C)(COP(=O)(O)OP(=O)(O)OC[C@H]1O[C@@H](n2cnc3c(N)ncnc32)[C@H](O)[C@@H]1OP(=O)(O)O)C(O)C(=O)NCCC(=O)NCCSC(=O)c1cccc(O)c1. The van der Waals surface area contributed by atoms with Gasteiger partial charge in [-0.3, -0.25) is 32.5 Å². The minimum absolute atomic E-state index is 0.0241. The van der Waals surface area contributed by atoms with E-state index in [1.165, 1.54) is 38.1 Å². The number of phosphoric acid groups is 3. The number of nitrogens with two attached hydrogens (primary N) is 1. The zero-order valence-corrected chi connectivity index (χ0v) is 33.3. The standard InChI is InChI=1S/C28H40N7O18P3S/c1-28(2,22(39)25(40)31-7-6-18(37)30-8-9-57-27(41)15-4-3-5-16(36)10-15)12-50-56(47,48)53-55(45,46)49-11-17-21(52-54(42,43)44)20(38)26(51-17)35-14-34-19-23(29)32-13-33-24(19)35/h3-5,10,13-14,17,20-22,26,36,38-39H,6-9,11-12H2,1-2H3,(H,30,37)(H,31,40)(H,45,46)(H,47,48)(H2,29,32,33)(H2,42,43,44)/t17-,20-,21-,22?,26-/m1/s1. The molecule has 0 bridgehead atoms. The summed E-state index contributed by atoms with van der Waals surface area (Å²) in [4.78, 5) is 87.8. The molecule has 1 saturated heterocycles. The van der Waals surface area contributed by atoms with Crippen LogP contribution in [-0.2, 0) is 45.9 Å². The lowest BCUT2D eigenvalue weighted by Gasteiger charge is -2.30. The van der Waals surface area contributed by atoms with Crippen molar-refractivity contribution < 1.29 is 85.6 Å². The van der Waals surface area contributed by atoms with Crippen LogP contribution in [-0.4, -0.2) is 128 Å². The highest BCUT2D eigenvalue weighted by molar-refractivity contribution is 8.14. The first-order chi connectivity index (χ1) is 26.5. The number of carbonyl (C=O) groups is 3. The molecular weight excluding hydrogens is 847 g/mol. The maximum absolute atomic E-state index is 12.7. The van der Waals surface area contributed by atoms with Gasteiger partial charge in [-0.2, -0.15) is 4.31 Å². The molecule has 1 aliphatic rings. The van der Waals surface area contributed by atoms with Gasteiger partial charge in [-0.25, -0.2) is 28.6 Å². The molecule has 11 N–H and O–H groups in total. The maximum atomic E-state index is 12.7. The second-order valence-corrected chi connectivity index (χ2v) is 18.1. The quantitative estimate of drug-likeness (QED) is 0.0513. The van der Waals surface area contributed by atoms with Gasteiger partial charge < -0.3 is 56.0 Å². The highest BCUT2D eigenvalue weighted by Crippen LogP contribution is 2.61. The van der Waals surface area contributed by atoms with Gasteiger partial charge in [-0.1, -0.05) is 37.7 Å². The molecule has 2 amide bonds. The molecule has 1 aromatic carbocycles. The number of fused-ring (bicyclic) bond motifs is 1. The summed E-state index contributed by atoms with van der Waals surface area (Å²) in [5.74, 6) is -1.38. The van der Waals surface area contributed by atoms with Gasteiger partial charge in [-0.15, -0.1) is 0 Å². The molecule has 3 unspecified atom stereocenters. The predicted molar refractivity (Wildman–Crippen MR) is 195 cm³/mol. The van der Waals surface area contributed by atoms with E-state index in [1.54, 1.807) is 0 Å². The molecule has 57 heavy (non-hydrogen) atoms. The second-order valence-electron chi connectivity index (χ2n) is 12.8. The number of imidazole rings is 1. The highest BCUT2D eigenvalue weighted by atomic mass is 32.2. The van der Waals surface area contributed by atoms with E-state index in [9.17, 15) is 63.0 Å². The fourth-order valence-corrected chi connectivity index (χ4v) is 8.50. The van der Waals surface area contributed by atoms with Crippen LogP contribution in [0.1, 0.15) is 36.9 Å². The van der Waals surface area contributed by atoms with Crippen LogP contribution in [0, 0.1) is 5.41 Å². The largest absolute Gasteiger partial charge is 0.508 e. The fraction of sp³-hybridized carbons (Fsp3) is 0.500. The second kappa shape index (κ2) is 19.1. The molecule has 0 spiro atoms. The number of phosphoric ester groups is 3. The molecule has 7 atom stereocenters. The van der Waals surface area contributed by atoms with Crippen LogP contribution in [0.25, 0.3) is 11.2 Å². The van der Waals surface area contributed by atoms with Crippen molar-refractivity contribution in [1.29, 1.82) is 0 Å². The van der Waals surface area contributed by atoms with Gasteiger partial charge in [0.25, 0.3) is 0 Å². The van der Waals surface area contributed by atoms with Gasteiger partial charge in [-0.05, 0) is 12.1 Å². The Bertz CT molecular complexity index is 2070. The van der Waals surface area contributed by atoms with Crippen molar-refractivity contribution in [2.75, 3.05) is 37.8 Å². The van der Waals surface area contributed by atoms with Crippen LogP contribution >= 0.6 is 35.2 Å². The number of thioether (sulfide) groups is 1. The first-order valence-electron chi connectivity index (χ1n) is 16.3. The highest BCUT2D eigenvalue weighted by Gasteiger charge is 2.50. The Kier molecular flexibility index (Phi) is 15.5. The van der Waals surface area contributed by atoms with Crippen molar-refractivity contribution in [3.8, 4) is 5.75 Å². The van der Waals surface area contributed by atoms with Crippen molar-refractivity contribution >= 4 is 69.1 Å². The number of aliphatic hydroxyl groups is 2. The monoisotopic (exact) mass is 887 g/mol. The zero-order valence-electron chi connectivity index (χ0n) is 29.8. The fourth-order valence-electron chi connectivity index (χ4n) is 4.99. The van der Waals surface area contributed by atoms with Crippen molar-refractivity contribution in [2.24, 2.45) is 5.41 Å². The van der Waals surface area contributed by atoms with E-state index in [2.05, 4.69) is 34.4 Å². The number of nitrogen functional groups attached to an aromatic ring is 1. The van der Waals surface area contributed by atoms with Gasteiger partial charge in [0.05, 0.1) is 19.5 Å². The van der Waals surface area contributed by atoms with E-state index in [-0.39, 0.29) is 53.1 Å². The van der Waals surface area contributed by atoms with Gasteiger partial charge in [0.2, 0.25) is 16.9 Å². The van der Waals surface area contributed by atoms with Crippen molar-refractivity contribution in [3.05, 3.63) is 42.5 Å². The van der Waals surface area contributed by atoms with Crippen molar-refractivity contribution in [3.63, 3.8) is 0 Å². The van der Waals surface area contributed by atoms with Crippen molar-refractivity contribution in [2.45, 2.75) is 50.9 Å². The summed E-state index contributed by atoms with van der Waals surface area (Å²) in [5.41, 5.74) is 4.51. The summed E-state index contributed by atoms with van der Waals surface area (Å²) >= 11 is 0.921. The molecule has 3 heterocycles. The summed E-state index contributed by atoms with van der Waals surface area (Å²) in [5, 5.41) is 35.5. The van der Waals surface area contributed by atoms with E-state index >= 15 is 0 Å². The van der Waals surface area contributed by atoms with E-state index in [1.807, 2.05) is 0 Å². The average molecular weight is 888 g/mol. The van der Waals surface area contributed by atoms with E-state index in [0.29, 0.717) is 5.56 Å². The number of phenols is 1. The van der Waals surface area contributed by atoms with E-state index < -0.39 is 84.6 Å². The molecule has 0 saturated carbocycles. The first-order valence-corrected chi connectivity index (χ1v) is 21.8. The number of rotatable bonds is 20. The third kappa shape index (κ3) is 13.3. The molecule has 0 aliphatic carbocycles. The van der Waals surface area contributed by atoms with E-state index in [0.717, 1.165) is 29.0 Å². The molecule has 0 radical (unpaired) electrons. The number of anilines is 1. The molecule has 29 heteroatoms. The number of aromatic hydroxyl groups is 1. The van der Waals surface area contributed by atoms with Gasteiger partial charge in [0.15, 0.2) is 17.7 Å². The number of nitrogens with zero attached hydrogens (tertiary/aromatic N) is 4. The number of phenolic OH excluding ortho intramolecular Hbond substituents is 1. The molecule has 3 aromatic rings. The third-order valence-corrected chi connectivity index (χ3v) is 11.8. The molecular formula is C28H40N7O18P3S. The summed E-state index contributed by atoms with van der Waals surface area (Å²) in [6, 6.07) is 5.77. The Hall–Kier alpha value is -3.42. The molecule has 316 valence electrons. The minimum Gasteiger partial charge on any atom is -0.508 e. The molecule has 25 nitrogen and oxygen atoms in total. The Balaban J connectivity index is 1.23. The number of carbonyl (C=O) groups excluding carboxylic acids is 3. The minimum atomic E-state index is -5.58. The number of nitrogens with one attached hydrogen (secondary N) is 2. The summed E-state index contributed by atoms with van der Waals surface area (Å²) in [7, 11) is -16.4. The number of hydrogen-bond donors (Lipinski definition) is 10. The number of aromatic nitrogens is 4. The predicted octanol–water partition coefficient (Wildman–Crippen LogP) is -0.316. The number of ether oxygens (including phenoxy) is 1. The van der Waals surface area contributed by atoms with Crippen LogP contribution in [0.3, 0.4) is 0 Å². The zero-order chi connectivity index (χ0) is 42.3. The smallest absolute Gasteiger partial charge is 0.481 e. The number of aliphatic hydroxyl groups excluding tert-OH is 2. The first kappa shape index (κ1) is 46.3. The summed E-state index contributed by atoms with van der Waals surface area (Å²) in [6.07, 6.45) is -7.03.